The van der Waals surface area contributed by atoms with Gasteiger partial charge in [-0.25, -0.2) is 0 Å². The fourth-order valence-electron chi connectivity index (χ4n) is 4.75. The summed E-state index contributed by atoms with van der Waals surface area (Å²) in [7, 11) is 0. The average molecular weight is 266 g/mol. The third kappa shape index (κ3) is 2.84. The zero-order valence-corrected chi connectivity index (χ0v) is 12.2. The van der Waals surface area contributed by atoms with Gasteiger partial charge in [0.15, 0.2) is 0 Å². The summed E-state index contributed by atoms with van der Waals surface area (Å²) in [6.45, 7) is 2.69. The number of hydrogen-bond donors (Lipinski definition) is 2. The summed E-state index contributed by atoms with van der Waals surface area (Å²) >= 11 is 0. The van der Waals surface area contributed by atoms with E-state index in [0.29, 0.717) is 11.5 Å². The Hall–Kier alpha value is -0.120. The van der Waals surface area contributed by atoms with E-state index < -0.39 is 0 Å². The first-order valence-corrected chi connectivity index (χ1v) is 8.29. The third-order valence-electron chi connectivity index (χ3n) is 6.22. The molecule has 2 saturated carbocycles. The third-order valence-corrected chi connectivity index (χ3v) is 6.22. The summed E-state index contributed by atoms with van der Waals surface area (Å²) in [6, 6.07) is 0.637. The summed E-state index contributed by atoms with van der Waals surface area (Å²) in [5.41, 5.74) is 6.63. The minimum absolute atomic E-state index is 0.154. The molecule has 1 heterocycles. The maximum Gasteiger partial charge on any atom is 0.0611 e. The fraction of sp³-hybridized carbons (Fsp3) is 1.00. The Kier molecular flexibility index (Phi) is 3.89. The number of aliphatic hydroxyl groups excluding tert-OH is 1. The first-order valence-electron chi connectivity index (χ1n) is 8.29. The molecule has 0 bridgehead atoms. The second kappa shape index (κ2) is 5.34. The molecule has 3 heteroatoms. The molecule has 1 aliphatic heterocycles. The highest BCUT2D eigenvalue weighted by Gasteiger charge is 2.41. The maximum absolute atomic E-state index is 9.40. The SMILES string of the molecule is NC1(CO)CCC(N2CCC3(CCCCC3)CC2)C1. The molecular formula is C16H30N2O. The highest BCUT2D eigenvalue weighted by Crippen LogP contribution is 2.45. The molecule has 0 aromatic rings. The van der Waals surface area contributed by atoms with Gasteiger partial charge in [0.05, 0.1) is 6.61 Å². The van der Waals surface area contributed by atoms with Crippen molar-refractivity contribution >= 4 is 0 Å². The number of hydrogen-bond acceptors (Lipinski definition) is 3. The Bertz CT molecular complexity index is 304. The molecule has 110 valence electrons. The van der Waals surface area contributed by atoms with E-state index in [1.54, 1.807) is 0 Å². The van der Waals surface area contributed by atoms with Gasteiger partial charge in [-0.3, -0.25) is 0 Å². The van der Waals surface area contributed by atoms with Crippen LogP contribution in [-0.2, 0) is 0 Å². The molecule has 2 unspecified atom stereocenters. The van der Waals surface area contributed by atoms with Crippen LogP contribution in [0.4, 0.5) is 0 Å². The molecule has 3 rings (SSSR count). The van der Waals surface area contributed by atoms with Crippen LogP contribution in [0.5, 0.6) is 0 Å². The van der Waals surface area contributed by atoms with E-state index in [1.807, 2.05) is 0 Å². The van der Waals surface area contributed by atoms with Crippen molar-refractivity contribution in [2.24, 2.45) is 11.1 Å². The van der Waals surface area contributed by atoms with Crippen molar-refractivity contribution in [1.82, 2.24) is 4.90 Å². The second-order valence-corrected chi connectivity index (χ2v) is 7.51. The molecule has 0 aromatic carbocycles. The molecule has 3 aliphatic rings. The summed E-state index contributed by atoms with van der Waals surface area (Å²) in [5, 5.41) is 9.40. The molecule has 3 nitrogen and oxygen atoms in total. The quantitative estimate of drug-likeness (QED) is 0.806. The maximum atomic E-state index is 9.40. The van der Waals surface area contributed by atoms with Gasteiger partial charge < -0.3 is 15.7 Å². The van der Waals surface area contributed by atoms with E-state index >= 15 is 0 Å². The highest BCUT2D eigenvalue weighted by atomic mass is 16.3. The average Bonchev–Trinajstić information content (AvgIpc) is 2.84. The van der Waals surface area contributed by atoms with Crippen LogP contribution in [0.2, 0.25) is 0 Å². The van der Waals surface area contributed by atoms with Crippen LogP contribution < -0.4 is 5.73 Å². The zero-order chi connectivity index (χ0) is 13.3. The lowest BCUT2D eigenvalue weighted by atomic mass is 9.68. The molecular weight excluding hydrogens is 236 g/mol. The predicted molar refractivity (Wildman–Crippen MR) is 78.0 cm³/mol. The molecule has 1 spiro atoms. The summed E-state index contributed by atoms with van der Waals surface area (Å²) in [5.74, 6) is 0. The van der Waals surface area contributed by atoms with E-state index in [1.165, 1.54) is 64.5 Å². The number of aliphatic hydroxyl groups is 1. The van der Waals surface area contributed by atoms with Gasteiger partial charge in [-0.15, -0.1) is 0 Å². The van der Waals surface area contributed by atoms with Gasteiger partial charge in [-0.05, 0) is 63.5 Å². The minimum Gasteiger partial charge on any atom is -0.394 e. The van der Waals surface area contributed by atoms with Crippen LogP contribution in [0.1, 0.15) is 64.2 Å². The van der Waals surface area contributed by atoms with Crippen molar-refractivity contribution in [3.63, 3.8) is 0 Å². The standard InChI is InChI=1S/C16H30N2O/c17-16(13-19)7-4-14(12-16)18-10-8-15(9-11-18)5-2-1-3-6-15/h14,19H,1-13,17H2. The van der Waals surface area contributed by atoms with Crippen LogP contribution in [0.15, 0.2) is 0 Å². The molecule has 19 heavy (non-hydrogen) atoms. The fourth-order valence-corrected chi connectivity index (χ4v) is 4.75. The topological polar surface area (TPSA) is 49.5 Å². The van der Waals surface area contributed by atoms with Crippen molar-refractivity contribution in [3.05, 3.63) is 0 Å². The minimum atomic E-state index is -0.287. The van der Waals surface area contributed by atoms with Gasteiger partial charge in [0.2, 0.25) is 0 Å². The van der Waals surface area contributed by atoms with Crippen molar-refractivity contribution in [2.45, 2.75) is 75.8 Å². The molecule has 2 atom stereocenters. The number of rotatable bonds is 2. The van der Waals surface area contributed by atoms with Crippen LogP contribution >= 0.6 is 0 Å². The molecule has 1 saturated heterocycles. The summed E-state index contributed by atoms with van der Waals surface area (Å²) in [4.78, 5) is 2.67. The molecule has 3 N–H and O–H groups in total. The number of likely N-dealkylation sites (tertiary alicyclic amines) is 1. The molecule has 2 aliphatic carbocycles. The largest absolute Gasteiger partial charge is 0.394 e. The Balaban J connectivity index is 1.53. The van der Waals surface area contributed by atoms with Gasteiger partial charge >= 0.3 is 0 Å². The Morgan fingerprint density at radius 1 is 1.00 bits per heavy atom. The summed E-state index contributed by atoms with van der Waals surface area (Å²) in [6.07, 6.45) is 13.3. The highest BCUT2D eigenvalue weighted by molar-refractivity contribution is 4.99. The van der Waals surface area contributed by atoms with Crippen molar-refractivity contribution in [2.75, 3.05) is 19.7 Å². The van der Waals surface area contributed by atoms with Gasteiger partial charge in [-0.2, -0.15) is 0 Å². The lowest BCUT2D eigenvalue weighted by molar-refractivity contribution is 0.0438. The lowest BCUT2D eigenvalue weighted by Gasteiger charge is -2.46. The Morgan fingerprint density at radius 3 is 2.26 bits per heavy atom. The number of nitrogens with two attached hydrogens (primary N) is 1. The van der Waals surface area contributed by atoms with Gasteiger partial charge in [0.25, 0.3) is 0 Å². The van der Waals surface area contributed by atoms with Crippen LogP contribution in [0.25, 0.3) is 0 Å². The summed E-state index contributed by atoms with van der Waals surface area (Å²) < 4.78 is 0. The van der Waals surface area contributed by atoms with E-state index in [-0.39, 0.29) is 12.1 Å². The number of piperidine rings is 1. The van der Waals surface area contributed by atoms with Crippen LogP contribution in [0.3, 0.4) is 0 Å². The first kappa shape index (κ1) is 13.8. The lowest BCUT2D eigenvalue weighted by Crippen LogP contribution is -2.47. The second-order valence-electron chi connectivity index (χ2n) is 7.51. The van der Waals surface area contributed by atoms with E-state index in [0.717, 1.165) is 12.8 Å². The Morgan fingerprint density at radius 2 is 1.68 bits per heavy atom. The number of nitrogens with zero attached hydrogens (tertiary/aromatic N) is 1. The van der Waals surface area contributed by atoms with Gasteiger partial charge in [0.1, 0.15) is 0 Å². The first-order chi connectivity index (χ1) is 9.15. The molecule has 3 fully saturated rings. The van der Waals surface area contributed by atoms with Crippen molar-refractivity contribution in [1.29, 1.82) is 0 Å². The van der Waals surface area contributed by atoms with Crippen molar-refractivity contribution < 1.29 is 5.11 Å². The predicted octanol–water partition coefficient (Wildman–Crippen LogP) is 2.27. The molecule has 0 radical (unpaired) electrons. The molecule has 0 aromatic heterocycles. The van der Waals surface area contributed by atoms with Crippen molar-refractivity contribution in [3.8, 4) is 0 Å². The van der Waals surface area contributed by atoms with Crippen LogP contribution in [-0.4, -0.2) is 41.3 Å². The van der Waals surface area contributed by atoms with Crippen LogP contribution in [0, 0.1) is 5.41 Å². The smallest absolute Gasteiger partial charge is 0.0611 e. The van der Waals surface area contributed by atoms with E-state index in [4.69, 9.17) is 5.73 Å². The molecule has 0 amide bonds. The monoisotopic (exact) mass is 266 g/mol. The van der Waals surface area contributed by atoms with Gasteiger partial charge in [0, 0.05) is 11.6 Å². The van der Waals surface area contributed by atoms with E-state index in [9.17, 15) is 5.11 Å². The zero-order valence-electron chi connectivity index (χ0n) is 12.2. The van der Waals surface area contributed by atoms with Gasteiger partial charge in [-0.1, -0.05) is 19.3 Å². The Labute approximate surface area is 117 Å². The normalized spacial score (nSPS) is 39.8. The van der Waals surface area contributed by atoms with E-state index in [2.05, 4.69) is 4.90 Å².